The Labute approximate surface area is 139 Å². The number of rotatable bonds is 4. The predicted molar refractivity (Wildman–Crippen MR) is 95.6 cm³/mol. The third-order valence-electron chi connectivity index (χ3n) is 4.88. The monoisotopic (exact) mass is 315 g/mol. The maximum atomic E-state index is 6.05. The average Bonchev–Trinajstić information content (AvgIpc) is 2.62. The number of aliphatic imine (C=N–C) groups is 1. The highest BCUT2D eigenvalue weighted by Crippen LogP contribution is 2.19. The smallest absolute Gasteiger partial charge is 0.189 e. The van der Waals surface area contributed by atoms with Gasteiger partial charge in [-0.1, -0.05) is 19.3 Å². The van der Waals surface area contributed by atoms with Crippen molar-refractivity contribution < 1.29 is 0 Å². The van der Waals surface area contributed by atoms with Gasteiger partial charge in [-0.05, 0) is 49.8 Å². The summed E-state index contributed by atoms with van der Waals surface area (Å²) in [5.41, 5.74) is 7.22. The van der Waals surface area contributed by atoms with Gasteiger partial charge in [0.25, 0.3) is 0 Å². The first kappa shape index (κ1) is 16.1. The first-order chi connectivity index (χ1) is 11.3. The van der Waals surface area contributed by atoms with E-state index in [0.717, 1.165) is 18.9 Å². The number of nitrogens with zero attached hydrogens (tertiary/aromatic N) is 3. The van der Waals surface area contributed by atoms with Gasteiger partial charge in [-0.3, -0.25) is 0 Å². The zero-order chi connectivity index (χ0) is 15.9. The molecule has 3 N–H and O–H groups in total. The van der Waals surface area contributed by atoms with Gasteiger partial charge in [-0.25, -0.2) is 9.98 Å². The van der Waals surface area contributed by atoms with Gasteiger partial charge in [-0.15, -0.1) is 0 Å². The Morgan fingerprint density at radius 1 is 1.17 bits per heavy atom. The molecule has 2 heterocycles. The molecular formula is C18H29N5. The Balaban J connectivity index is 1.55. The van der Waals surface area contributed by atoms with Crippen molar-refractivity contribution in [2.45, 2.75) is 64.0 Å². The van der Waals surface area contributed by atoms with Crippen LogP contribution >= 0.6 is 0 Å². The molecule has 1 saturated carbocycles. The van der Waals surface area contributed by atoms with Crippen LogP contribution in [0.25, 0.3) is 0 Å². The summed E-state index contributed by atoms with van der Waals surface area (Å²) < 4.78 is 0. The topological polar surface area (TPSA) is 66.5 Å². The van der Waals surface area contributed by atoms with Crippen molar-refractivity contribution in [3.63, 3.8) is 0 Å². The molecule has 0 atom stereocenters. The molecule has 23 heavy (non-hydrogen) atoms. The first-order valence-electron chi connectivity index (χ1n) is 9.07. The van der Waals surface area contributed by atoms with Crippen LogP contribution in [0.2, 0.25) is 0 Å². The van der Waals surface area contributed by atoms with Gasteiger partial charge in [-0.2, -0.15) is 0 Å². The third-order valence-corrected chi connectivity index (χ3v) is 4.88. The highest BCUT2D eigenvalue weighted by atomic mass is 15.2. The van der Waals surface area contributed by atoms with Gasteiger partial charge in [0.1, 0.15) is 5.82 Å². The standard InChI is InChI=1S/C18H29N5/c19-18(22-16-7-3-1-4-8-16)21-14-15-9-10-20-17(13-15)23-11-5-2-6-12-23/h9-10,13,16H,1-8,11-12,14H2,(H3,19,21,22). The Morgan fingerprint density at radius 3 is 2.70 bits per heavy atom. The quantitative estimate of drug-likeness (QED) is 0.662. The third kappa shape index (κ3) is 4.85. The number of nitrogens with two attached hydrogens (primary N) is 1. The van der Waals surface area contributed by atoms with Crippen molar-refractivity contribution in [1.29, 1.82) is 0 Å². The largest absolute Gasteiger partial charge is 0.370 e. The number of hydrogen-bond acceptors (Lipinski definition) is 3. The predicted octanol–water partition coefficient (Wildman–Crippen LogP) is 2.81. The summed E-state index contributed by atoms with van der Waals surface area (Å²) >= 11 is 0. The van der Waals surface area contributed by atoms with E-state index < -0.39 is 0 Å². The van der Waals surface area contributed by atoms with Crippen LogP contribution in [0.5, 0.6) is 0 Å². The van der Waals surface area contributed by atoms with Gasteiger partial charge in [0.15, 0.2) is 5.96 Å². The fourth-order valence-electron chi connectivity index (χ4n) is 3.53. The first-order valence-corrected chi connectivity index (χ1v) is 9.07. The van der Waals surface area contributed by atoms with Crippen molar-refractivity contribution in [2.24, 2.45) is 10.7 Å². The minimum atomic E-state index is 0.508. The summed E-state index contributed by atoms with van der Waals surface area (Å²) in [5, 5.41) is 3.37. The molecule has 1 aromatic rings. The second-order valence-electron chi connectivity index (χ2n) is 6.75. The molecule has 0 amide bonds. The molecule has 0 aromatic carbocycles. The van der Waals surface area contributed by atoms with E-state index in [9.17, 15) is 0 Å². The van der Waals surface area contributed by atoms with Crippen molar-refractivity contribution in [1.82, 2.24) is 10.3 Å². The second kappa shape index (κ2) is 8.18. The maximum absolute atomic E-state index is 6.05. The number of anilines is 1. The molecule has 1 saturated heterocycles. The van der Waals surface area contributed by atoms with Crippen molar-refractivity contribution in [3.8, 4) is 0 Å². The summed E-state index contributed by atoms with van der Waals surface area (Å²) in [4.78, 5) is 11.4. The number of pyridine rings is 1. The van der Waals surface area contributed by atoms with Crippen LogP contribution in [0.3, 0.4) is 0 Å². The highest BCUT2D eigenvalue weighted by molar-refractivity contribution is 5.78. The lowest BCUT2D eigenvalue weighted by Crippen LogP contribution is -2.41. The van der Waals surface area contributed by atoms with Crippen molar-refractivity contribution >= 4 is 11.8 Å². The van der Waals surface area contributed by atoms with Crippen LogP contribution in [-0.2, 0) is 6.54 Å². The van der Waals surface area contributed by atoms with Crippen LogP contribution in [0.1, 0.15) is 56.9 Å². The van der Waals surface area contributed by atoms with E-state index in [-0.39, 0.29) is 0 Å². The average molecular weight is 315 g/mol. The lowest BCUT2D eigenvalue weighted by atomic mass is 9.96. The molecular weight excluding hydrogens is 286 g/mol. The fourth-order valence-corrected chi connectivity index (χ4v) is 3.53. The van der Waals surface area contributed by atoms with Crippen LogP contribution < -0.4 is 16.0 Å². The summed E-state index contributed by atoms with van der Waals surface area (Å²) in [5.74, 6) is 1.66. The van der Waals surface area contributed by atoms with E-state index in [1.807, 2.05) is 12.3 Å². The minimum absolute atomic E-state index is 0.508. The summed E-state index contributed by atoms with van der Waals surface area (Å²) in [6, 6.07) is 4.70. The molecule has 2 fully saturated rings. The Hall–Kier alpha value is -1.78. The summed E-state index contributed by atoms with van der Waals surface area (Å²) in [6.45, 7) is 2.85. The second-order valence-corrected chi connectivity index (χ2v) is 6.75. The summed E-state index contributed by atoms with van der Waals surface area (Å²) in [7, 11) is 0. The summed E-state index contributed by atoms with van der Waals surface area (Å²) in [6.07, 6.45) is 12.1. The maximum Gasteiger partial charge on any atom is 0.189 e. The molecule has 2 aliphatic rings. The number of guanidine groups is 1. The van der Waals surface area contributed by atoms with Crippen LogP contribution in [0.15, 0.2) is 23.3 Å². The molecule has 0 unspecified atom stereocenters. The molecule has 0 radical (unpaired) electrons. The minimum Gasteiger partial charge on any atom is -0.370 e. The lowest BCUT2D eigenvalue weighted by molar-refractivity contribution is 0.412. The van der Waals surface area contributed by atoms with E-state index in [4.69, 9.17) is 5.73 Å². The molecule has 5 heteroatoms. The number of aromatic nitrogens is 1. The molecule has 1 aliphatic carbocycles. The molecule has 126 valence electrons. The molecule has 0 bridgehead atoms. The lowest BCUT2D eigenvalue weighted by Gasteiger charge is -2.27. The highest BCUT2D eigenvalue weighted by Gasteiger charge is 2.14. The number of nitrogens with one attached hydrogen (secondary N) is 1. The van der Waals surface area contributed by atoms with Crippen LogP contribution in [-0.4, -0.2) is 30.1 Å². The van der Waals surface area contributed by atoms with Gasteiger partial charge in [0.2, 0.25) is 0 Å². The molecule has 5 nitrogen and oxygen atoms in total. The molecule has 0 spiro atoms. The zero-order valence-electron chi connectivity index (χ0n) is 14.0. The SMILES string of the molecule is NC(=NCc1ccnc(N2CCCCC2)c1)NC1CCCCC1. The normalized spacial score (nSPS) is 20.5. The Bertz CT molecular complexity index is 516. The molecule has 1 aliphatic heterocycles. The molecule has 3 rings (SSSR count). The van der Waals surface area contributed by atoms with Gasteiger partial charge < -0.3 is 16.0 Å². The van der Waals surface area contributed by atoms with E-state index >= 15 is 0 Å². The number of hydrogen-bond donors (Lipinski definition) is 2. The van der Waals surface area contributed by atoms with Crippen molar-refractivity contribution in [3.05, 3.63) is 23.9 Å². The van der Waals surface area contributed by atoms with Gasteiger partial charge >= 0.3 is 0 Å². The van der Waals surface area contributed by atoms with E-state index in [1.165, 1.54) is 56.9 Å². The Morgan fingerprint density at radius 2 is 1.91 bits per heavy atom. The van der Waals surface area contributed by atoms with Crippen LogP contribution in [0, 0.1) is 0 Å². The van der Waals surface area contributed by atoms with Crippen LogP contribution in [0.4, 0.5) is 5.82 Å². The van der Waals surface area contributed by atoms with E-state index in [0.29, 0.717) is 18.5 Å². The Kier molecular flexibility index (Phi) is 5.72. The molecule has 1 aromatic heterocycles. The number of piperidine rings is 1. The van der Waals surface area contributed by atoms with Gasteiger partial charge in [0.05, 0.1) is 6.54 Å². The zero-order valence-corrected chi connectivity index (χ0v) is 14.0. The van der Waals surface area contributed by atoms with Gasteiger partial charge in [0, 0.05) is 25.3 Å². The van der Waals surface area contributed by atoms with Crippen molar-refractivity contribution in [2.75, 3.05) is 18.0 Å². The fraction of sp³-hybridized carbons (Fsp3) is 0.667. The van der Waals surface area contributed by atoms with E-state index in [2.05, 4.69) is 26.3 Å². The van der Waals surface area contributed by atoms with E-state index in [1.54, 1.807) is 0 Å².